The predicted molar refractivity (Wildman–Crippen MR) is 285 cm³/mol. The maximum atomic E-state index is 12.3. The Hall–Kier alpha value is 1.63. The summed E-state index contributed by atoms with van der Waals surface area (Å²) >= 11 is 13.1. The zero-order valence-electron chi connectivity index (χ0n) is 41.6. The van der Waals surface area contributed by atoms with Crippen molar-refractivity contribution in [3.05, 3.63) is 0 Å². The zero-order chi connectivity index (χ0) is 46.5. The molecule has 0 aromatic carbocycles. The summed E-state index contributed by atoms with van der Waals surface area (Å²) in [6.07, 6.45) is 51.2. The van der Waals surface area contributed by atoms with Crippen molar-refractivity contribution in [3.63, 3.8) is 0 Å². The molecule has 0 radical (unpaired) electrons. The van der Waals surface area contributed by atoms with E-state index in [4.69, 9.17) is 42.6 Å². The smallest absolute Gasteiger partial charge is 0.793 e. The van der Waals surface area contributed by atoms with Gasteiger partial charge in [0.25, 0.3) is 0 Å². The Kier molecular flexibility index (Phi) is 67.5. The molecule has 0 fully saturated rings. The van der Waals surface area contributed by atoms with Gasteiger partial charge in [-0.25, -0.2) is 4.79 Å². The quantitative estimate of drug-likeness (QED) is 0.0345. The molecule has 0 aromatic heterocycles. The van der Waals surface area contributed by atoms with Crippen LogP contribution in [0.5, 0.6) is 0 Å². The summed E-state index contributed by atoms with van der Waals surface area (Å²) < 4.78 is 11.1. The van der Waals surface area contributed by atoms with Crippen molar-refractivity contribution < 1.29 is 45.8 Å². The van der Waals surface area contributed by atoms with Crippen molar-refractivity contribution in [2.45, 2.75) is 285 Å². The largest absolute Gasteiger partial charge is 2.00 e. The number of hydrogen-bond acceptors (Lipinski definition) is 9. The first-order chi connectivity index (χ1) is 30.0. The van der Waals surface area contributed by atoms with Crippen molar-refractivity contribution >= 4 is 63.9 Å². The second-order valence-electron chi connectivity index (χ2n) is 17.3. The molecule has 1 amide bonds. The molecule has 0 bridgehead atoms. The first kappa shape index (κ1) is 71.2. The molecule has 0 saturated heterocycles. The molecule has 0 spiro atoms. The average Bonchev–Trinajstić information content (AvgIpc) is 3.23. The van der Waals surface area contributed by atoms with E-state index < -0.39 is 17.5 Å². The molecule has 0 saturated carbocycles. The Morgan fingerprint density at radius 3 is 0.762 bits per heavy atom. The van der Waals surface area contributed by atoms with E-state index in [2.05, 4.69) is 33.4 Å². The van der Waals surface area contributed by atoms with Gasteiger partial charge >= 0.3 is 23.2 Å². The average molecular weight is 1050 g/mol. The van der Waals surface area contributed by atoms with E-state index in [9.17, 15) is 9.79 Å². The van der Waals surface area contributed by atoms with Gasteiger partial charge in [0.1, 0.15) is 0 Å². The SMILES string of the molecule is CCCCCCCCCCCCOP([O-])(=S)SCCCCCCCCCCCC.CCCCCCCCCCCCOP([O-])(=S)SCCCCCCCCCCCC.NC(=O)O.[Fe+2]. The third kappa shape index (κ3) is 72.8. The summed E-state index contributed by atoms with van der Waals surface area (Å²) in [6, 6.07) is 0. The van der Waals surface area contributed by atoms with Gasteiger partial charge in [-0.3, -0.25) is 0 Å². The normalized spacial score (nSPS) is 12.9. The first-order valence-corrected chi connectivity index (χ1v) is 34.6. The molecule has 7 nitrogen and oxygen atoms in total. The van der Waals surface area contributed by atoms with Crippen molar-refractivity contribution in [2.75, 3.05) is 24.7 Å². The van der Waals surface area contributed by atoms with Gasteiger partial charge in [0.2, 0.25) is 0 Å². The van der Waals surface area contributed by atoms with E-state index in [1.54, 1.807) is 0 Å². The van der Waals surface area contributed by atoms with Gasteiger partial charge in [-0.05, 0) is 37.2 Å². The number of hydrogen-bond donors (Lipinski definition) is 2. The van der Waals surface area contributed by atoms with E-state index in [0.29, 0.717) is 13.2 Å². The number of primary amides is 1. The molecule has 0 heterocycles. The summed E-state index contributed by atoms with van der Waals surface area (Å²) in [4.78, 5) is 33.4. The molecule has 2 atom stereocenters. The summed E-state index contributed by atoms with van der Waals surface area (Å²) in [6.45, 7) is 10.2. The van der Waals surface area contributed by atoms with E-state index in [1.807, 2.05) is 0 Å². The second-order valence-corrected chi connectivity index (χ2v) is 29.6. The van der Waals surface area contributed by atoms with E-state index in [1.165, 1.54) is 254 Å². The third-order valence-corrected chi connectivity index (χ3v) is 19.7. The number of nitrogens with two attached hydrogens (primary N) is 1. The Labute approximate surface area is 421 Å². The maximum absolute atomic E-state index is 12.3. The molecule has 0 aliphatic carbocycles. The summed E-state index contributed by atoms with van der Waals surface area (Å²) in [5.74, 6) is 1.77. The first-order valence-electron chi connectivity index (χ1n) is 26.2. The minimum absolute atomic E-state index is 0. The second kappa shape index (κ2) is 59.8. The fourth-order valence-electron chi connectivity index (χ4n) is 7.14. The van der Waals surface area contributed by atoms with Crippen molar-refractivity contribution in [2.24, 2.45) is 5.73 Å². The van der Waals surface area contributed by atoms with Gasteiger partial charge in [0.15, 0.2) is 0 Å². The van der Waals surface area contributed by atoms with Gasteiger partial charge in [-0.1, -0.05) is 282 Å². The fourth-order valence-corrected chi connectivity index (χ4v) is 13.9. The van der Waals surface area contributed by atoms with E-state index in [0.717, 1.165) is 37.2 Å². The summed E-state index contributed by atoms with van der Waals surface area (Å²) in [5, 5.41) is 7.19. The molecule has 63 heavy (non-hydrogen) atoms. The number of amides is 1. The molecular weight excluding hydrogens is 945 g/mol. The van der Waals surface area contributed by atoms with Crippen LogP contribution in [0, 0.1) is 0 Å². The number of unbranched alkanes of at least 4 members (excludes halogenated alkanes) is 36. The Morgan fingerprint density at radius 1 is 0.413 bits per heavy atom. The standard InChI is InChI=1S/2C24H51O2PS2.CH3NO2.Fe/c2*1-3-5-7-9-11-13-15-17-19-21-23-26-27(25,28)29-24-22-20-18-16-14-12-10-8-6-4-2;2-1(3)4;/h2*3-24H2,1-2H3,(H,25,28);2H2,(H,3,4);/q;;;+2/p-2. The van der Waals surface area contributed by atoms with Crippen LogP contribution in [0.1, 0.15) is 285 Å². The van der Waals surface area contributed by atoms with Crippen LogP contribution < -0.4 is 15.5 Å². The van der Waals surface area contributed by atoms with Crippen molar-refractivity contribution in [1.29, 1.82) is 0 Å². The zero-order valence-corrected chi connectivity index (χ0v) is 47.7. The number of rotatable bonds is 48. The van der Waals surface area contributed by atoms with Crippen LogP contribution in [0.4, 0.5) is 4.79 Å². The number of carboxylic acid groups (broad SMARTS) is 1. The summed E-state index contributed by atoms with van der Waals surface area (Å²) in [7, 11) is 0. The fraction of sp³-hybridized carbons (Fsp3) is 0.980. The monoisotopic (exact) mass is 1050 g/mol. The Balaban J connectivity index is -0.000000501. The minimum atomic E-state index is -2.85. The molecule has 0 rings (SSSR count). The van der Waals surface area contributed by atoms with Crippen LogP contribution in [0.15, 0.2) is 0 Å². The Morgan fingerprint density at radius 2 is 0.571 bits per heavy atom. The topological polar surface area (TPSA) is 128 Å². The maximum Gasteiger partial charge on any atom is 2.00 e. The van der Waals surface area contributed by atoms with Gasteiger partial charge in [-0.2, -0.15) is 0 Å². The molecular formula is C49H103FeNO6P2S4. The minimum Gasteiger partial charge on any atom is -0.793 e. The third-order valence-electron chi connectivity index (χ3n) is 11.0. The van der Waals surface area contributed by atoms with Gasteiger partial charge in [-0.15, -0.1) is 22.8 Å². The number of carbonyl (C=O) groups is 1. The van der Waals surface area contributed by atoms with E-state index >= 15 is 0 Å². The van der Waals surface area contributed by atoms with Crippen LogP contribution in [-0.2, 0) is 49.7 Å². The van der Waals surface area contributed by atoms with E-state index in [-0.39, 0.29) is 17.1 Å². The Bertz CT molecular complexity index is 847. The molecule has 2 unspecified atom stereocenters. The molecule has 14 heteroatoms. The van der Waals surface area contributed by atoms with Crippen LogP contribution in [0.2, 0.25) is 0 Å². The molecule has 0 aliphatic rings. The molecule has 0 aromatic rings. The van der Waals surface area contributed by atoms with Crippen molar-refractivity contribution in [1.82, 2.24) is 0 Å². The van der Waals surface area contributed by atoms with Crippen LogP contribution in [-0.4, -0.2) is 35.9 Å². The van der Waals surface area contributed by atoms with Gasteiger partial charge in [0, 0.05) is 11.4 Å². The van der Waals surface area contributed by atoms with Crippen LogP contribution in [0.3, 0.4) is 0 Å². The van der Waals surface area contributed by atoms with Gasteiger partial charge < -0.3 is 29.7 Å². The van der Waals surface area contributed by atoms with Crippen LogP contribution in [0.25, 0.3) is 0 Å². The molecule has 0 aliphatic heterocycles. The molecule has 382 valence electrons. The summed E-state index contributed by atoms with van der Waals surface area (Å²) in [5.41, 5.74) is -1.67. The van der Waals surface area contributed by atoms with Crippen LogP contribution >= 0.6 is 34.2 Å². The van der Waals surface area contributed by atoms with Gasteiger partial charge in [0.05, 0.1) is 13.2 Å². The predicted octanol–water partition coefficient (Wildman–Crippen LogP) is 17.9. The van der Waals surface area contributed by atoms with Crippen molar-refractivity contribution in [3.8, 4) is 0 Å². The molecule has 3 N–H and O–H groups in total.